The third-order valence-corrected chi connectivity index (χ3v) is 8.08. The third-order valence-electron chi connectivity index (χ3n) is 6.85. The van der Waals surface area contributed by atoms with Crippen LogP contribution in [0.15, 0.2) is 102 Å². The first-order valence-electron chi connectivity index (χ1n) is 13.2. The predicted molar refractivity (Wildman–Crippen MR) is 154 cm³/mol. The van der Waals surface area contributed by atoms with Crippen LogP contribution >= 0.6 is 0 Å². The molecule has 220 valence electrons. The van der Waals surface area contributed by atoms with Crippen LogP contribution in [0.25, 0.3) is 11.1 Å². The lowest BCUT2D eigenvalue weighted by molar-refractivity contribution is -0.137. The molecule has 0 saturated carbocycles. The Balaban J connectivity index is 1.60. The van der Waals surface area contributed by atoms with Gasteiger partial charge in [-0.25, -0.2) is 0 Å². The molecular weight excluding hydrogens is 567 g/mol. The van der Waals surface area contributed by atoms with Crippen LogP contribution in [0, 0.1) is 0 Å². The van der Waals surface area contributed by atoms with Crippen LogP contribution < -0.4 is 8.92 Å². The van der Waals surface area contributed by atoms with E-state index >= 15 is 0 Å². The fraction of sp³-hybridized carbons (Fsp3) is 0.219. The number of nitrogens with zero attached hydrogens (tertiary/aromatic N) is 1. The first kappa shape index (κ1) is 30.6. The summed E-state index contributed by atoms with van der Waals surface area (Å²) in [6, 6.07) is 24.8. The summed E-state index contributed by atoms with van der Waals surface area (Å²) < 4.78 is 75.9. The predicted octanol–water partition coefficient (Wildman–Crippen LogP) is 7.59. The Morgan fingerprint density at radius 1 is 0.857 bits per heavy atom. The molecule has 0 aliphatic heterocycles. The molecule has 0 radical (unpaired) electrons. The molecule has 4 aromatic rings. The highest BCUT2D eigenvalue weighted by molar-refractivity contribution is 7.87. The molecule has 1 amide bonds. The van der Waals surface area contributed by atoms with Crippen molar-refractivity contribution in [2.24, 2.45) is 0 Å². The second kappa shape index (κ2) is 12.7. The van der Waals surface area contributed by atoms with E-state index < -0.39 is 26.8 Å². The van der Waals surface area contributed by atoms with Crippen LogP contribution in [-0.4, -0.2) is 32.4 Å². The summed E-state index contributed by atoms with van der Waals surface area (Å²) in [4.78, 5) is 14.6. The van der Waals surface area contributed by atoms with Gasteiger partial charge in [0, 0.05) is 18.2 Å². The van der Waals surface area contributed by atoms with Gasteiger partial charge in [0.25, 0.3) is 5.91 Å². The van der Waals surface area contributed by atoms with Crippen LogP contribution in [0.3, 0.4) is 0 Å². The minimum absolute atomic E-state index is 0.0622. The maximum atomic E-state index is 13.6. The van der Waals surface area contributed by atoms with Gasteiger partial charge in [0.05, 0.1) is 12.7 Å². The second-order valence-electron chi connectivity index (χ2n) is 9.68. The van der Waals surface area contributed by atoms with Crippen LogP contribution in [0.1, 0.15) is 41.8 Å². The molecule has 42 heavy (non-hydrogen) atoms. The highest BCUT2D eigenvalue weighted by Gasteiger charge is 2.32. The SMILES string of the molecule is CCC(C)N(Cc1ccc(OC)c(OS(=O)(=O)c2cccc(C(F)(F)F)c2)c1)C(=O)c1ccc(-c2ccccc2)cc1. The molecule has 0 N–H and O–H groups in total. The number of methoxy groups -OCH3 is 1. The zero-order valence-corrected chi connectivity index (χ0v) is 24.1. The van der Waals surface area contributed by atoms with E-state index in [0.29, 0.717) is 23.6 Å². The Bertz CT molecular complexity index is 1640. The Hall–Kier alpha value is -4.31. The van der Waals surface area contributed by atoms with Crippen molar-refractivity contribution < 1.29 is 35.3 Å². The van der Waals surface area contributed by atoms with Gasteiger partial charge in [-0.2, -0.15) is 21.6 Å². The number of carbonyl (C=O) groups is 1. The molecule has 6 nitrogen and oxygen atoms in total. The number of hydrogen-bond acceptors (Lipinski definition) is 5. The molecule has 0 saturated heterocycles. The Kier molecular flexibility index (Phi) is 9.26. The van der Waals surface area contributed by atoms with Crippen molar-refractivity contribution in [1.29, 1.82) is 0 Å². The molecule has 0 aliphatic rings. The van der Waals surface area contributed by atoms with Crippen LogP contribution in [0.4, 0.5) is 13.2 Å². The maximum absolute atomic E-state index is 13.6. The molecule has 0 bridgehead atoms. The number of rotatable bonds is 10. The van der Waals surface area contributed by atoms with E-state index in [1.807, 2.05) is 56.3 Å². The average molecular weight is 598 g/mol. The Morgan fingerprint density at radius 3 is 2.14 bits per heavy atom. The fourth-order valence-corrected chi connectivity index (χ4v) is 5.30. The molecule has 4 aromatic carbocycles. The summed E-state index contributed by atoms with van der Waals surface area (Å²) in [6.07, 6.45) is -4.06. The molecule has 0 aromatic heterocycles. The average Bonchev–Trinajstić information content (AvgIpc) is 2.99. The highest BCUT2D eigenvalue weighted by atomic mass is 32.2. The van der Waals surface area contributed by atoms with Gasteiger partial charge in [-0.3, -0.25) is 4.79 Å². The van der Waals surface area contributed by atoms with Crippen molar-refractivity contribution in [3.05, 3.63) is 114 Å². The molecule has 0 heterocycles. The lowest BCUT2D eigenvalue weighted by Gasteiger charge is -2.29. The molecular formula is C32H30F3NO5S. The second-order valence-corrected chi connectivity index (χ2v) is 11.2. The smallest absolute Gasteiger partial charge is 0.416 e. The van der Waals surface area contributed by atoms with Gasteiger partial charge in [0.2, 0.25) is 0 Å². The molecule has 0 spiro atoms. The largest absolute Gasteiger partial charge is 0.493 e. The quantitative estimate of drug-likeness (QED) is 0.176. The van der Waals surface area contributed by atoms with Gasteiger partial charge in [-0.15, -0.1) is 0 Å². The summed E-state index contributed by atoms with van der Waals surface area (Å²) >= 11 is 0. The Labute approximate surface area is 243 Å². The monoisotopic (exact) mass is 597 g/mol. The van der Waals surface area contributed by atoms with E-state index in [1.165, 1.54) is 19.2 Å². The van der Waals surface area contributed by atoms with Crippen molar-refractivity contribution in [2.75, 3.05) is 7.11 Å². The minimum Gasteiger partial charge on any atom is -0.493 e. The van der Waals surface area contributed by atoms with Crippen molar-refractivity contribution in [3.8, 4) is 22.6 Å². The third kappa shape index (κ3) is 7.12. The Morgan fingerprint density at radius 2 is 1.52 bits per heavy atom. The summed E-state index contributed by atoms with van der Waals surface area (Å²) in [5.41, 5.74) is 1.92. The highest BCUT2D eigenvalue weighted by Crippen LogP contribution is 2.34. The van der Waals surface area contributed by atoms with Crippen LogP contribution in [0.2, 0.25) is 0 Å². The van der Waals surface area contributed by atoms with Gasteiger partial charge in [-0.05, 0) is 72.5 Å². The minimum atomic E-state index is -4.73. The standard InChI is InChI=1S/C32H30F3NO5S/c1-4-22(2)36(31(37)26-16-14-25(15-17-26)24-9-6-5-7-10-24)21-23-13-18-29(40-3)30(19-23)41-42(38,39)28-12-8-11-27(20-28)32(33,34)35/h5-20,22H,4,21H2,1-3H3. The van der Waals surface area contributed by atoms with E-state index in [1.54, 1.807) is 23.1 Å². The number of halogens is 3. The number of carbonyl (C=O) groups excluding carboxylic acids is 1. The first-order chi connectivity index (χ1) is 19.9. The van der Waals surface area contributed by atoms with E-state index in [-0.39, 0.29) is 30.0 Å². The summed E-state index contributed by atoms with van der Waals surface area (Å²) in [5, 5.41) is 0. The van der Waals surface area contributed by atoms with E-state index in [4.69, 9.17) is 8.92 Å². The number of benzene rings is 4. The van der Waals surface area contributed by atoms with Crippen LogP contribution in [0.5, 0.6) is 11.5 Å². The van der Waals surface area contributed by atoms with Crippen molar-refractivity contribution in [1.82, 2.24) is 4.90 Å². The molecule has 1 atom stereocenters. The van der Waals surface area contributed by atoms with Crippen molar-refractivity contribution in [3.63, 3.8) is 0 Å². The lowest BCUT2D eigenvalue weighted by Crippen LogP contribution is -2.37. The van der Waals surface area contributed by atoms with Gasteiger partial charge in [-0.1, -0.05) is 61.5 Å². The maximum Gasteiger partial charge on any atom is 0.416 e. The fourth-order valence-electron chi connectivity index (χ4n) is 4.33. The zero-order chi connectivity index (χ0) is 30.5. The first-order valence-corrected chi connectivity index (χ1v) is 14.6. The summed E-state index contributed by atoms with van der Waals surface area (Å²) in [5.74, 6) is -0.359. The van der Waals surface area contributed by atoms with Gasteiger partial charge in [0.1, 0.15) is 4.90 Å². The van der Waals surface area contributed by atoms with Gasteiger partial charge >= 0.3 is 16.3 Å². The molecule has 1 unspecified atom stereocenters. The summed E-state index contributed by atoms with van der Waals surface area (Å²) in [7, 11) is -3.33. The number of amides is 1. The van der Waals surface area contributed by atoms with Gasteiger partial charge < -0.3 is 13.8 Å². The number of alkyl halides is 3. The number of ether oxygens (including phenoxy) is 1. The summed E-state index contributed by atoms with van der Waals surface area (Å²) in [6.45, 7) is 3.99. The van der Waals surface area contributed by atoms with E-state index in [0.717, 1.165) is 29.3 Å². The normalized spacial score (nSPS) is 12.4. The molecule has 4 rings (SSSR count). The van der Waals surface area contributed by atoms with E-state index in [9.17, 15) is 26.4 Å². The lowest BCUT2D eigenvalue weighted by atomic mass is 10.0. The molecule has 0 fully saturated rings. The van der Waals surface area contributed by atoms with Crippen molar-refractivity contribution in [2.45, 2.75) is 43.9 Å². The number of hydrogen-bond donors (Lipinski definition) is 0. The van der Waals surface area contributed by atoms with E-state index in [2.05, 4.69) is 0 Å². The molecule has 10 heteroatoms. The van der Waals surface area contributed by atoms with Crippen LogP contribution in [-0.2, 0) is 22.8 Å². The zero-order valence-electron chi connectivity index (χ0n) is 23.3. The van der Waals surface area contributed by atoms with Crippen molar-refractivity contribution >= 4 is 16.0 Å². The van der Waals surface area contributed by atoms with Gasteiger partial charge in [0.15, 0.2) is 11.5 Å². The molecule has 0 aliphatic carbocycles. The topological polar surface area (TPSA) is 72.9 Å².